The number of rotatable bonds is 6. The van der Waals surface area contributed by atoms with Crippen LogP contribution in [-0.2, 0) is 0 Å². The number of nitrogens with zero attached hydrogens (tertiary/aromatic N) is 3. The van der Waals surface area contributed by atoms with Gasteiger partial charge in [-0.1, -0.05) is 24.3 Å². The molecular weight excluding hydrogens is 488 g/mol. The van der Waals surface area contributed by atoms with Crippen LogP contribution in [0.3, 0.4) is 0 Å². The molecule has 2 aromatic heterocycles. The minimum atomic E-state index is -0.0819. The lowest BCUT2D eigenvalue weighted by Crippen LogP contribution is -2.29. The molecule has 1 saturated carbocycles. The summed E-state index contributed by atoms with van der Waals surface area (Å²) in [5.41, 5.74) is 8.20. The maximum atomic E-state index is 6.25. The van der Waals surface area contributed by atoms with Crippen molar-refractivity contribution in [1.29, 1.82) is 0 Å². The molecule has 0 bridgehead atoms. The van der Waals surface area contributed by atoms with E-state index in [2.05, 4.69) is 96.2 Å². The molecule has 38 heavy (non-hydrogen) atoms. The van der Waals surface area contributed by atoms with Crippen molar-refractivity contribution >= 4 is 23.0 Å². The SMILES string of the molecule is Cc1c([C@H]2[C@@H](c3ccccn3)NC(=S)N2c2ccc(OC3CCCC3)cc2)c(C)n(-c2ccccc2)c1C. The number of anilines is 1. The second kappa shape index (κ2) is 10.3. The van der Waals surface area contributed by atoms with Crippen LogP contribution < -0.4 is 15.0 Å². The average Bonchev–Trinajstić information content (AvgIpc) is 3.63. The predicted octanol–water partition coefficient (Wildman–Crippen LogP) is 7.30. The van der Waals surface area contributed by atoms with Crippen LogP contribution in [0.25, 0.3) is 5.69 Å². The van der Waals surface area contributed by atoms with E-state index in [-0.39, 0.29) is 12.1 Å². The van der Waals surface area contributed by atoms with Crippen LogP contribution in [0, 0.1) is 20.8 Å². The average molecular weight is 523 g/mol. The lowest BCUT2D eigenvalue weighted by Gasteiger charge is -2.29. The molecular formula is C32H34N4OS. The van der Waals surface area contributed by atoms with Gasteiger partial charge in [-0.3, -0.25) is 4.98 Å². The Balaban J connectivity index is 1.44. The Morgan fingerprint density at radius 1 is 0.842 bits per heavy atom. The maximum absolute atomic E-state index is 6.25. The van der Waals surface area contributed by atoms with Crippen LogP contribution in [0.5, 0.6) is 5.75 Å². The third-order valence-electron chi connectivity index (χ3n) is 8.14. The Labute approximate surface area is 230 Å². The second-order valence-corrected chi connectivity index (χ2v) is 10.8. The summed E-state index contributed by atoms with van der Waals surface area (Å²) >= 11 is 5.99. The highest BCUT2D eigenvalue weighted by Crippen LogP contribution is 2.45. The first kappa shape index (κ1) is 24.7. The molecule has 194 valence electrons. The Kier molecular flexibility index (Phi) is 6.66. The van der Waals surface area contributed by atoms with Crippen molar-refractivity contribution in [2.24, 2.45) is 0 Å². The van der Waals surface area contributed by atoms with Crippen molar-refractivity contribution in [2.75, 3.05) is 4.90 Å². The van der Waals surface area contributed by atoms with Gasteiger partial charge in [-0.05, 0) is 113 Å². The van der Waals surface area contributed by atoms with E-state index in [1.54, 1.807) is 0 Å². The van der Waals surface area contributed by atoms with Gasteiger partial charge in [0.15, 0.2) is 5.11 Å². The summed E-state index contributed by atoms with van der Waals surface area (Å²) in [7, 11) is 0. The van der Waals surface area contributed by atoms with Crippen molar-refractivity contribution in [3.05, 3.63) is 107 Å². The highest BCUT2D eigenvalue weighted by molar-refractivity contribution is 7.80. The number of benzene rings is 2. The quantitative estimate of drug-likeness (QED) is 0.269. The molecule has 2 aliphatic rings. The van der Waals surface area contributed by atoms with Crippen LogP contribution in [0.2, 0.25) is 0 Å². The monoisotopic (exact) mass is 522 g/mol. The van der Waals surface area contributed by atoms with Gasteiger partial charge in [0.05, 0.1) is 23.9 Å². The molecule has 1 N–H and O–H groups in total. The number of thiocarbonyl (C=S) groups is 1. The van der Waals surface area contributed by atoms with Gasteiger partial charge in [0, 0.05) is 34.5 Å². The van der Waals surface area contributed by atoms with Gasteiger partial charge < -0.3 is 19.5 Å². The van der Waals surface area contributed by atoms with E-state index in [9.17, 15) is 0 Å². The Morgan fingerprint density at radius 2 is 1.55 bits per heavy atom. The number of pyridine rings is 1. The fraction of sp³-hybridized carbons (Fsp3) is 0.312. The van der Waals surface area contributed by atoms with Crippen molar-refractivity contribution in [3.63, 3.8) is 0 Å². The lowest BCUT2D eigenvalue weighted by molar-refractivity contribution is 0.210. The molecule has 3 heterocycles. The molecule has 4 aromatic rings. The highest BCUT2D eigenvalue weighted by atomic mass is 32.1. The van der Waals surface area contributed by atoms with E-state index in [4.69, 9.17) is 21.9 Å². The number of nitrogens with one attached hydrogen (secondary N) is 1. The largest absolute Gasteiger partial charge is 0.490 e. The zero-order valence-corrected chi connectivity index (χ0v) is 23.0. The first-order chi connectivity index (χ1) is 18.5. The Bertz CT molecular complexity index is 1430. The van der Waals surface area contributed by atoms with Gasteiger partial charge in [-0.15, -0.1) is 0 Å². The molecule has 0 unspecified atom stereocenters. The van der Waals surface area contributed by atoms with E-state index in [0.717, 1.165) is 30.0 Å². The standard InChI is InChI=1S/C32H34N4OS/c1-21-22(2)35(24-11-5-4-6-12-24)23(3)29(21)31-30(28-15-9-10-20-33-28)34-32(38)36(31)25-16-18-27(19-17-25)37-26-13-7-8-14-26/h4-6,9-12,15-20,26,30-31H,7-8,13-14H2,1-3H3,(H,34,38)/t30-,31+/m1/s1. The van der Waals surface area contributed by atoms with Crippen LogP contribution in [-0.4, -0.2) is 20.8 Å². The highest BCUT2D eigenvalue weighted by Gasteiger charge is 2.43. The minimum absolute atomic E-state index is 0.0531. The fourth-order valence-corrected chi connectivity index (χ4v) is 6.56. The predicted molar refractivity (Wildman–Crippen MR) is 157 cm³/mol. The van der Waals surface area contributed by atoms with Crippen LogP contribution in [0.15, 0.2) is 79.0 Å². The molecule has 0 amide bonds. The summed E-state index contributed by atoms with van der Waals surface area (Å²) in [6, 6.07) is 25.0. The Hall–Kier alpha value is -3.64. The normalized spacial score (nSPS) is 19.7. The van der Waals surface area contributed by atoms with Gasteiger partial charge >= 0.3 is 0 Å². The third-order valence-corrected chi connectivity index (χ3v) is 8.45. The summed E-state index contributed by atoms with van der Waals surface area (Å²) < 4.78 is 8.61. The van der Waals surface area contributed by atoms with Gasteiger partial charge in [0.2, 0.25) is 0 Å². The molecule has 1 aliphatic carbocycles. The molecule has 1 saturated heterocycles. The number of ether oxygens (including phenoxy) is 1. The van der Waals surface area contributed by atoms with Crippen molar-refractivity contribution < 1.29 is 4.74 Å². The molecule has 6 rings (SSSR count). The zero-order chi connectivity index (χ0) is 26.2. The van der Waals surface area contributed by atoms with E-state index in [1.807, 2.05) is 18.3 Å². The molecule has 2 fully saturated rings. The topological polar surface area (TPSA) is 42.3 Å². The lowest BCUT2D eigenvalue weighted by atomic mass is 9.93. The summed E-state index contributed by atoms with van der Waals surface area (Å²) in [6.07, 6.45) is 7.00. The molecule has 0 spiro atoms. The first-order valence-corrected chi connectivity index (χ1v) is 13.9. The molecule has 2 aromatic carbocycles. The smallest absolute Gasteiger partial charge is 0.174 e. The van der Waals surface area contributed by atoms with Crippen molar-refractivity contribution in [1.82, 2.24) is 14.9 Å². The molecule has 2 atom stereocenters. The molecule has 1 aliphatic heterocycles. The summed E-state index contributed by atoms with van der Waals surface area (Å²) in [6.45, 7) is 6.65. The maximum Gasteiger partial charge on any atom is 0.174 e. The van der Waals surface area contributed by atoms with Crippen LogP contribution in [0.1, 0.15) is 66.0 Å². The fourth-order valence-electron chi connectivity index (χ4n) is 6.22. The second-order valence-electron chi connectivity index (χ2n) is 10.4. The summed E-state index contributed by atoms with van der Waals surface area (Å²) in [5, 5.41) is 4.33. The first-order valence-electron chi connectivity index (χ1n) is 13.5. The van der Waals surface area contributed by atoms with Gasteiger partial charge in [0.1, 0.15) is 5.75 Å². The number of para-hydroxylation sites is 1. The van der Waals surface area contributed by atoms with Crippen LogP contribution >= 0.6 is 12.2 Å². The van der Waals surface area contributed by atoms with E-state index >= 15 is 0 Å². The number of hydrogen-bond acceptors (Lipinski definition) is 3. The van der Waals surface area contributed by atoms with Crippen molar-refractivity contribution in [3.8, 4) is 11.4 Å². The van der Waals surface area contributed by atoms with Gasteiger partial charge in [-0.2, -0.15) is 0 Å². The van der Waals surface area contributed by atoms with E-state index in [1.165, 1.54) is 41.0 Å². The summed E-state index contributed by atoms with van der Waals surface area (Å²) in [5.74, 6) is 0.926. The zero-order valence-electron chi connectivity index (χ0n) is 22.2. The molecule has 6 heteroatoms. The number of aromatic nitrogens is 2. The number of hydrogen-bond donors (Lipinski definition) is 1. The van der Waals surface area contributed by atoms with Crippen molar-refractivity contribution in [2.45, 2.75) is 64.6 Å². The summed E-state index contributed by atoms with van der Waals surface area (Å²) in [4.78, 5) is 7.00. The van der Waals surface area contributed by atoms with E-state index in [0.29, 0.717) is 11.2 Å². The van der Waals surface area contributed by atoms with Gasteiger partial charge in [0.25, 0.3) is 0 Å². The van der Waals surface area contributed by atoms with Crippen LogP contribution in [0.4, 0.5) is 5.69 Å². The third kappa shape index (κ3) is 4.37. The van der Waals surface area contributed by atoms with Gasteiger partial charge in [-0.25, -0.2) is 0 Å². The molecule has 5 nitrogen and oxygen atoms in total. The minimum Gasteiger partial charge on any atom is -0.490 e. The Morgan fingerprint density at radius 3 is 2.24 bits per heavy atom. The molecule has 0 radical (unpaired) electrons. The van der Waals surface area contributed by atoms with E-state index < -0.39 is 0 Å².